The smallest absolute Gasteiger partial charge is 0.205 e. The molecule has 2 heterocycles. The van der Waals surface area contributed by atoms with Gasteiger partial charge in [0.2, 0.25) is 5.13 Å². The minimum atomic E-state index is 0.588. The van der Waals surface area contributed by atoms with Gasteiger partial charge in [0, 0.05) is 25.7 Å². The van der Waals surface area contributed by atoms with Crippen LogP contribution in [0.25, 0.3) is 0 Å². The third kappa shape index (κ3) is 3.17. The Morgan fingerprint density at radius 1 is 1.45 bits per heavy atom. The van der Waals surface area contributed by atoms with Gasteiger partial charge < -0.3 is 9.88 Å². The molecule has 5 nitrogen and oxygen atoms in total. The summed E-state index contributed by atoms with van der Waals surface area (Å²) in [6, 6.07) is 4.11. The zero-order chi connectivity index (χ0) is 14.7. The van der Waals surface area contributed by atoms with Gasteiger partial charge in [-0.2, -0.15) is 5.26 Å². The maximum absolute atomic E-state index is 9.02. The predicted octanol–water partition coefficient (Wildman–Crippen LogP) is 2.87. The van der Waals surface area contributed by atoms with Gasteiger partial charge in [0.1, 0.15) is 16.8 Å². The molecule has 20 heavy (non-hydrogen) atoms. The standard InChI is InChI=1S/C14H19N5S/c1-9(2)5-13-17-18-14(20-13)16-8-11-6-12(7-15)19(4)10(11)3/h6,9H,5,8H2,1-4H3,(H,16,18). The Balaban J connectivity index is 2.02. The fourth-order valence-corrected chi connectivity index (χ4v) is 2.92. The molecule has 0 atom stereocenters. The molecular weight excluding hydrogens is 270 g/mol. The molecule has 0 fully saturated rings. The van der Waals surface area contributed by atoms with Crippen LogP contribution in [0.3, 0.4) is 0 Å². The van der Waals surface area contributed by atoms with E-state index in [2.05, 4.69) is 35.4 Å². The van der Waals surface area contributed by atoms with Crippen molar-refractivity contribution < 1.29 is 0 Å². The lowest BCUT2D eigenvalue weighted by molar-refractivity contribution is 0.640. The maximum atomic E-state index is 9.02. The van der Waals surface area contributed by atoms with Crippen molar-refractivity contribution in [1.82, 2.24) is 14.8 Å². The highest BCUT2D eigenvalue weighted by molar-refractivity contribution is 7.15. The molecule has 2 rings (SSSR count). The Morgan fingerprint density at radius 3 is 2.80 bits per heavy atom. The SMILES string of the molecule is Cc1c(CNc2nnc(CC(C)C)s2)cc(C#N)n1C. The molecule has 0 spiro atoms. The van der Waals surface area contributed by atoms with E-state index in [9.17, 15) is 0 Å². The van der Waals surface area contributed by atoms with Crippen LogP contribution in [0.5, 0.6) is 0 Å². The lowest BCUT2D eigenvalue weighted by Gasteiger charge is -2.03. The fourth-order valence-electron chi connectivity index (χ4n) is 1.98. The second kappa shape index (κ2) is 6.06. The van der Waals surface area contributed by atoms with Crippen LogP contribution in [0.2, 0.25) is 0 Å². The van der Waals surface area contributed by atoms with Gasteiger partial charge in [-0.3, -0.25) is 0 Å². The summed E-state index contributed by atoms with van der Waals surface area (Å²) < 4.78 is 1.90. The van der Waals surface area contributed by atoms with E-state index in [0.29, 0.717) is 18.2 Å². The molecule has 2 aromatic rings. The quantitative estimate of drug-likeness (QED) is 0.919. The number of rotatable bonds is 5. The molecule has 2 aromatic heterocycles. The maximum Gasteiger partial charge on any atom is 0.205 e. The summed E-state index contributed by atoms with van der Waals surface area (Å²) >= 11 is 1.60. The number of nitrogens with zero attached hydrogens (tertiary/aromatic N) is 4. The van der Waals surface area contributed by atoms with Gasteiger partial charge in [-0.05, 0) is 24.5 Å². The van der Waals surface area contributed by atoms with Crippen molar-refractivity contribution in [2.45, 2.75) is 33.7 Å². The van der Waals surface area contributed by atoms with E-state index < -0.39 is 0 Å². The van der Waals surface area contributed by atoms with E-state index in [1.165, 1.54) is 0 Å². The van der Waals surface area contributed by atoms with Crippen molar-refractivity contribution in [1.29, 1.82) is 5.26 Å². The third-order valence-electron chi connectivity index (χ3n) is 3.23. The van der Waals surface area contributed by atoms with Crippen LogP contribution in [-0.4, -0.2) is 14.8 Å². The summed E-state index contributed by atoms with van der Waals surface area (Å²) in [6.45, 7) is 7.02. The summed E-state index contributed by atoms with van der Waals surface area (Å²) in [7, 11) is 1.91. The number of nitrogens with one attached hydrogen (secondary N) is 1. The first-order valence-corrected chi connectivity index (χ1v) is 7.44. The van der Waals surface area contributed by atoms with Crippen molar-refractivity contribution in [3.05, 3.63) is 28.0 Å². The van der Waals surface area contributed by atoms with Gasteiger partial charge in [0.05, 0.1) is 0 Å². The van der Waals surface area contributed by atoms with Crippen LogP contribution in [0.4, 0.5) is 5.13 Å². The largest absolute Gasteiger partial charge is 0.356 e. The number of nitriles is 1. The van der Waals surface area contributed by atoms with Gasteiger partial charge in [-0.1, -0.05) is 25.2 Å². The number of aromatic nitrogens is 3. The molecule has 0 amide bonds. The van der Waals surface area contributed by atoms with E-state index in [-0.39, 0.29) is 0 Å². The molecule has 0 radical (unpaired) electrons. The molecule has 0 bridgehead atoms. The van der Waals surface area contributed by atoms with Crippen LogP contribution in [0.1, 0.15) is 35.8 Å². The Hall–Kier alpha value is -1.87. The molecule has 0 aromatic carbocycles. The number of anilines is 1. The van der Waals surface area contributed by atoms with E-state index in [4.69, 9.17) is 5.26 Å². The molecule has 6 heteroatoms. The molecule has 0 saturated carbocycles. The molecule has 0 unspecified atom stereocenters. The number of hydrogen-bond acceptors (Lipinski definition) is 5. The van der Waals surface area contributed by atoms with E-state index in [1.54, 1.807) is 11.3 Å². The first kappa shape index (κ1) is 14.5. The molecule has 0 aliphatic carbocycles. The van der Waals surface area contributed by atoms with Crippen LogP contribution in [-0.2, 0) is 20.0 Å². The highest BCUT2D eigenvalue weighted by Gasteiger charge is 2.10. The summed E-state index contributed by atoms with van der Waals surface area (Å²) in [5, 5.41) is 22.5. The highest BCUT2D eigenvalue weighted by atomic mass is 32.1. The van der Waals surface area contributed by atoms with Crippen LogP contribution in [0.15, 0.2) is 6.07 Å². The van der Waals surface area contributed by atoms with Gasteiger partial charge in [-0.15, -0.1) is 10.2 Å². The van der Waals surface area contributed by atoms with Crippen molar-refractivity contribution in [3.63, 3.8) is 0 Å². The fraction of sp³-hybridized carbons (Fsp3) is 0.500. The summed E-state index contributed by atoms with van der Waals surface area (Å²) in [4.78, 5) is 0. The zero-order valence-corrected chi connectivity index (χ0v) is 13.1. The minimum Gasteiger partial charge on any atom is -0.356 e. The second-order valence-electron chi connectivity index (χ2n) is 5.26. The Labute approximate surface area is 123 Å². The van der Waals surface area contributed by atoms with Crippen LogP contribution in [0, 0.1) is 24.2 Å². The lowest BCUT2D eigenvalue weighted by atomic mass is 10.1. The number of hydrogen-bond donors (Lipinski definition) is 1. The van der Waals surface area contributed by atoms with Crippen LogP contribution < -0.4 is 5.32 Å². The van der Waals surface area contributed by atoms with Crippen molar-refractivity contribution >= 4 is 16.5 Å². The monoisotopic (exact) mass is 289 g/mol. The highest BCUT2D eigenvalue weighted by Crippen LogP contribution is 2.20. The lowest BCUT2D eigenvalue weighted by Crippen LogP contribution is -2.01. The molecular formula is C14H19N5S. The first-order chi connectivity index (χ1) is 9.51. The van der Waals surface area contributed by atoms with Crippen molar-refractivity contribution in [2.24, 2.45) is 13.0 Å². The van der Waals surface area contributed by atoms with E-state index in [0.717, 1.165) is 27.8 Å². The average Bonchev–Trinajstić information content (AvgIpc) is 2.94. The average molecular weight is 289 g/mol. The van der Waals surface area contributed by atoms with Gasteiger partial charge in [-0.25, -0.2) is 0 Å². The predicted molar refractivity (Wildman–Crippen MR) is 80.6 cm³/mol. The third-order valence-corrected chi connectivity index (χ3v) is 4.14. The van der Waals surface area contributed by atoms with Crippen LogP contribution >= 0.6 is 11.3 Å². The molecule has 0 aliphatic rings. The Morgan fingerprint density at radius 2 is 2.20 bits per heavy atom. The molecule has 106 valence electrons. The Bertz CT molecular complexity index is 633. The topological polar surface area (TPSA) is 66.5 Å². The van der Waals surface area contributed by atoms with Gasteiger partial charge in [0.15, 0.2) is 0 Å². The summed E-state index contributed by atoms with van der Waals surface area (Å²) in [6.07, 6.45) is 0.961. The zero-order valence-electron chi connectivity index (χ0n) is 12.3. The van der Waals surface area contributed by atoms with E-state index >= 15 is 0 Å². The summed E-state index contributed by atoms with van der Waals surface area (Å²) in [5.41, 5.74) is 2.89. The van der Waals surface area contributed by atoms with Gasteiger partial charge in [0.25, 0.3) is 0 Å². The first-order valence-electron chi connectivity index (χ1n) is 6.62. The molecule has 0 aliphatic heterocycles. The van der Waals surface area contributed by atoms with Crippen molar-refractivity contribution in [2.75, 3.05) is 5.32 Å². The Kier molecular flexibility index (Phi) is 4.40. The van der Waals surface area contributed by atoms with E-state index in [1.807, 2.05) is 24.6 Å². The van der Waals surface area contributed by atoms with Crippen molar-refractivity contribution in [3.8, 4) is 6.07 Å². The minimum absolute atomic E-state index is 0.588. The normalized spacial score (nSPS) is 10.8. The molecule has 0 saturated heterocycles. The molecule has 1 N–H and O–H groups in total. The van der Waals surface area contributed by atoms with Gasteiger partial charge >= 0.3 is 0 Å². The summed E-state index contributed by atoms with van der Waals surface area (Å²) in [5.74, 6) is 0.588. The second-order valence-corrected chi connectivity index (χ2v) is 6.33.